The maximum atomic E-state index is 12.6. The van der Waals surface area contributed by atoms with Gasteiger partial charge in [-0.3, -0.25) is 9.59 Å². The van der Waals surface area contributed by atoms with E-state index in [1.807, 2.05) is 49.4 Å². The highest BCUT2D eigenvalue weighted by atomic mass is 16.4. The van der Waals surface area contributed by atoms with Crippen molar-refractivity contribution < 1.29 is 14.7 Å². The molecule has 4 nitrogen and oxygen atoms in total. The van der Waals surface area contributed by atoms with Crippen molar-refractivity contribution in [2.75, 3.05) is 13.1 Å². The van der Waals surface area contributed by atoms with Crippen LogP contribution in [0.5, 0.6) is 0 Å². The van der Waals surface area contributed by atoms with Gasteiger partial charge in [-0.25, -0.2) is 0 Å². The topological polar surface area (TPSA) is 57.6 Å². The highest BCUT2D eigenvalue weighted by molar-refractivity contribution is 5.88. The van der Waals surface area contributed by atoms with Gasteiger partial charge >= 0.3 is 5.97 Å². The quantitative estimate of drug-likeness (QED) is 0.947. The molecule has 1 N–H and O–H groups in total. The third-order valence-electron chi connectivity index (χ3n) is 4.49. The molecule has 1 amide bonds. The standard InChI is InChI=1S/C18H19NO3/c1-12(17(20)19-9-8-16(11-19)18(21)22)14-7-6-13-4-2-3-5-15(13)10-14/h2-7,10,12,16H,8-9,11H2,1H3,(H,21,22). The number of aliphatic carboxylic acids is 1. The maximum Gasteiger partial charge on any atom is 0.308 e. The zero-order valence-electron chi connectivity index (χ0n) is 12.5. The monoisotopic (exact) mass is 297 g/mol. The van der Waals surface area contributed by atoms with Crippen LogP contribution >= 0.6 is 0 Å². The summed E-state index contributed by atoms with van der Waals surface area (Å²) < 4.78 is 0. The van der Waals surface area contributed by atoms with Crippen LogP contribution in [0.25, 0.3) is 10.8 Å². The summed E-state index contributed by atoms with van der Waals surface area (Å²) in [5.41, 5.74) is 0.975. The highest BCUT2D eigenvalue weighted by Crippen LogP contribution is 2.26. The summed E-state index contributed by atoms with van der Waals surface area (Å²) in [5, 5.41) is 11.3. The average molecular weight is 297 g/mol. The number of hydrogen-bond acceptors (Lipinski definition) is 2. The molecule has 2 atom stereocenters. The molecule has 2 aromatic carbocycles. The van der Waals surface area contributed by atoms with Crippen LogP contribution in [0.15, 0.2) is 42.5 Å². The molecule has 0 aliphatic carbocycles. The number of nitrogens with zero attached hydrogens (tertiary/aromatic N) is 1. The fourth-order valence-electron chi connectivity index (χ4n) is 3.06. The van der Waals surface area contributed by atoms with Gasteiger partial charge in [0.25, 0.3) is 0 Å². The molecule has 0 saturated carbocycles. The van der Waals surface area contributed by atoms with Crippen molar-refractivity contribution in [2.45, 2.75) is 19.3 Å². The van der Waals surface area contributed by atoms with Gasteiger partial charge < -0.3 is 10.0 Å². The van der Waals surface area contributed by atoms with Crippen molar-refractivity contribution in [3.63, 3.8) is 0 Å². The van der Waals surface area contributed by atoms with Gasteiger partial charge in [-0.1, -0.05) is 42.5 Å². The molecule has 1 heterocycles. The second kappa shape index (κ2) is 5.79. The van der Waals surface area contributed by atoms with Gasteiger partial charge in [0.2, 0.25) is 5.91 Å². The summed E-state index contributed by atoms with van der Waals surface area (Å²) in [5.74, 6) is -1.47. The van der Waals surface area contributed by atoms with Crippen LogP contribution in [-0.2, 0) is 9.59 Å². The minimum atomic E-state index is -0.811. The molecule has 1 fully saturated rings. The summed E-state index contributed by atoms with van der Waals surface area (Å²) in [6, 6.07) is 14.1. The summed E-state index contributed by atoms with van der Waals surface area (Å²) in [7, 11) is 0. The summed E-state index contributed by atoms with van der Waals surface area (Å²) in [6.45, 7) is 2.75. The Labute approximate surface area is 129 Å². The minimum absolute atomic E-state index is 0.0130. The van der Waals surface area contributed by atoms with Crippen LogP contribution in [0.4, 0.5) is 0 Å². The molecule has 114 valence electrons. The molecule has 3 rings (SSSR count). The number of rotatable bonds is 3. The Balaban J connectivity index is 1.78. The van der Waals surface area contributed by atoms with Crippen molar-refractivity contribution in [2.24, 2.45) is 5.92 Å². The van der Waals surface area contributed by atoms with E-state index in [0.29, 0.717) is 19.5 Å². The molecular formula is C18H19NO3. The summed E-state index contributed by atoms with van der Waals surface area (Å²) >= 11 is 0. The van der Waals surface area contributed by atoms with Crippen molar-refractivity contribution >= 4 is 22.6 Å². The normalized spacial score (nSPS) is 19.3. The van der Waals surface area contributed by atoms with Crippen LogP contribution in [0, 0.1) is 5.92 Å². The zero-order chi connectivity index (χ0) is 15.7. The van der Waals surface area contributed by atoms with Crippen molar-refractivity contribution in [3.05, 3.63) is 48.0 Å². The van der Waals surface area contributed by atoms with E-state index in [9.17, 15) is 9.59 Å². The van der Waals surface area contributed by atoms with Crippen LogP contribution in [0.2, 0.25) is 0 Å². The Morgan fingerprint density at radius 2 is 1.91 bits per heavy atom. The second-order valence-electron chi connectivity index (χ2n) is 5.94. The van der Waals surface area contributed by atoms with Crippen molar-refractivity contribution in [3.8, 4) is 0 Å². The summed E-state index contributed by atoms with van der Waals surface area (Å²) in [6.07, 6.45) is 0.547. The fourth-order valence-corrected chi connectivity index (χ4v) is 3.06. The van der Waals surface area contributed by atoms with E-state index in [1.165, 1.54) is 0 Å². The lowest BCUT2D eigenvalue weighted by molar-refractivity contribution is -0.141. The number of hydrogen-bond donors (Lipinski definition) is 1. The smallest absolute Gasteiger partial charge is 0.308 e. The van der Waals surface area contributed by atoms with E-state index in [4.69, 9.17) is 5.11 Å². The number of carbonyl (C=O) groups excluding carboxylic acids is 1. The molecule has 0 spiro atoms. The molecule has 22 heavy (non-hydrogen) atoms. The first kappa shape index (κ1) is 14.6. The zero-order valence-corrected chi connectivity index (χ0v) is 12.5. The predicted molar refractivity (Wildman–Crippen MR) is 84.7 cm³/mol. The predicted octanol–water partition coefficient (Wildman–Crippen LogP) is 2.88. The Morgan fingerprint density at radius 1 is 1.18 bits per heavy atom. The largest absolute Gasteiger partial charge is 0.481 e. The van der Waals surface area contributed by atoms with Gasteiger partial charge in [0.1, 0.15) is 0 Å². The number of carboxylic acid groups (broad SMARTS) is 1. The number of fused-ring (bicyclic) bond motifs is 1. The van der Waals surface area contributed by atoms with Gasteiger partial charge in [0.15, 0.2) is 0 Å². The molecule has 0 aromatic heterocycles. The Bertz CT molecular complexity index is 725. The van der Waals surface area contributed by atoms with Gasteiger partial charge in [0, 0.05) is 13.1 Å². The molecule has 2 aromatic rings. The number of carbonyl (C=O) groups is 2. The lowest BCUT2D eigenvalue weighted by Gasteiger charge is -2.21. The first-order valence-corrected chi connectivity index (χ1v) is 7.56. The molecule has 1 aliphatic rings. The number of benzene rings is 2. The molecule has 1 saturated heterocycles. The number of amides is 1. The number of likely N-dealkylation sites (tertiary alicyclic amines) is 1. The maximum absolute atomic E-state index is 12.6. The van der Waals surface area contributed by atoms with E-state index in [-0.39, 0.29) is 11.8 Å². The molecule has 0 radical (unpaired) electrons. The molecule has 4 heteroatoms. The van der Waals surface area contributed by atoms with Crippen LogP contribution in [0.1, 0.15) is 24.8 Å². The van der Waals surface area contributed by atoms with E-state index < -0.39 is 11.9 Å². The van der Waals surface area contributed by atoms with E-state index in [0.717, 1.165) is 16.3 Å². The summed E-state index contributed by atoms with van der Waals surface area (Å²) in [4.78, 5) is 25.3. The third kappa shape index (κ3) is 2.69. The van der Waals surface area contributed by atoms with Crippen LogP contribution < -0.4 is 0 Å². The molecular weight excluding hydrogens is 278 g/mol. The average Bonchev–Trinajstić information content (AvgIpc) is 3.03. The Kier molecular flexibility index (Phi) is 3.84. The molecule has 0 bridgehead atoms. The first-order chi connectivity index (χ1) is 10.6. The van der Waals surface area contributed by atoms with Crippen molar-refractivity contribution in [1.29, 1.82) is 0 Å². The lowest BCUT2D eigenvalue weighted by atomic mass is 9.96. The third-order valence-corrected chi connectivity index (χ3v) is 4.49. The van der Waals surface area contributed by atoms with E-state index >= 15 is 0 Å². The SMILES string of the molecule is CC(C(=O)N1CCC(C(=O)O)C1)c1ccc2ccccc2c1. The lowest BCUT2D eigenvalue weighted by Crippen LogP contribution is -2.33. The van der Waals surface area contributed by atoms with Crippen LogP contribution in [-0.4, -0.2) is 35.0 Å². The van der Waals surface area contributed by atoms with Gasteiger partial charge in [0.05, 0.1) is 11.8 Å². The van der Waals surface area contributed by atoms with Crippen molar-refractivity contribution in [1.82, 2.24) is 4.90 Å². The minimum Gasteiger partial charge on any atom is -0.481 e. The van der Waals surface area contributed by atoms with Gasteiger partial charge in [-0.05, 0) is 29.7 Å². The number of carboxylic acids is 1. The van der Waals surface area contributed by atoms with Crippen LogP contribution in [0.3, 0.4) is 0 Å². The fraction of sp³-hybridized carbons (Fsp3) is 0.333. The molecule has 1 aliphatic heterocycles. The second-order valence-corrected chi connectivity index (χ2v) is 5.94. The first-order valence-electron chi connectivity index (χ1n) is 7.56. The van der Waals surface area contributed by atoms with E-state index in [2.05, 4.69) is 0 Å². The van der Waals surface area contributed by atoms with Gasteiger partial charge in [-0.2, -0.15) is 0 Å². The Hall–Kier alpha value is -2.36. The Morgan fingerprint density at radius 3 is 2.59 bits per heavy atom. The molecule has 2 unspecified atom stereocenters. The highest BCUT2D eigenvalue weighted by Gasteiger charge is 2.33. The van der Waals surface area contributed by atoms with E-state index in [1.54, 1.807) is 4.90 Å². The van der Waals surface area contributed by atoms with Gasteiger partial charge in [-0.15, -0.1) is 0 Å².